The first-order valence-corrected chi connectivity index (χ1v) is 30.6. The van der Waals surface area contributed by atoms with E-state index in [0.717, 1.165) is 89.9 Å². The Hall–Kier alpha value is -3.60. The lowest BCUT2D eigenvalue weighted by Gasteiger charge is -2.21. The van der Waals surface area contributed by atoms with Crippen LogP contribution < -0.4 is 0 Å². The average molecular weight is 1060 g/mol. The molecule has 0 aliphatic carbocycles. The first-order chi connectivity index (χ1) is 36.2. The van der Waals surface area contributed by atoms with Crippen molar-refractivity contribution < 1.29 is 52.2 Å². The highest BCUT2D eigenvalue weighted by Gasteiger charge is 2.28. The van der Waals surface area contributed by atoms with Crippen molar-refractivity contribution in [3.63, 3.8) is 0 Å². The summed E-state index contributed by atoms with van der Waals surface area (Å²) >= 11 is 0. The van der Waals surface area contributed by atoms with Gasteiger partial charge in [0.15, 0.2) is 6.10 Å². The molecule has 0 bridgehead atoms. The van der Waals surface area contributed by atoms with Crippen molar-refractivity contribution in [2.75, 3.05) is 26.4 Å². The number of ether oxygens (including phenoxy) is 3. The molecule has 0 saturated carbocycles. The zero-order valence-corrected chi connectivity index (χ0v) is 47.7. The molecule has 0 rings (SSSR count). The zero-order valence-electron chi connectivity index (χ0n) is 46.8. The van der Waals surface area contributed by atoms with E-state index in [1.54, 1.807) is 0 Å². The molecule has 0 aromatic heterocycles. The molecule has 11 nitrogen and oxygen atoms in total. The predicted octanol–water partition coefficient (Wildman–Crippen LogP) is 17.3. The molecule has 74 heavy (non-hydrogen) atoms. The highest BCUT2D eigenvalue weighted by atomic mass is 31.2. The number of aliphatic hydroxyl groups is 1. The molecule has 0 amide bonds. The summed E-state index contributed by atoms with van der Waals surface area (Å²) in [5.74, 6) is -1.57. The molecule has 0 radical (unpaired) electrons. The molecule has 0 aliphatic heterocycles. The van der Waals surface area contributed by atoms with Crippen LogP contribution >= 0.6 is 7.82 Å². The van der Waals surface area contributed by atoms with E-state index in [-0.39, 0.29) is 25.9 Å². The van der Waals surface area contributed by atoms with Gasteiger partial charge in [-0.2, -0.15) is 0 Å². The SMILES string of the molecule is CC/C=C\C/C=C\C/C=C\C/C=C\C/C=C\CCCC(=O)OC(COC(=O)CCCCC/C=C\C/C=C\C/C=C\CC)COP(=O)(O)OCC(CO)OC(=O)CCCCCCCCCCCCCCCCCCC. The van der Waals surface area contributed by atoms with Crippen molar-refractivity contribution in [2.24, 2.45) is 0 Å². The largest absolute Gasteiger partial charge is 0.472 e. The first-order valence-electron chi connectivity index (χ1n) is 29.1. The molecule has 0 saturated heterocycles. The van der Waals surface area contributed by atoms with Gasteiger partial charge in [-0.1, -0.05) is 227 Å². The Bertz CT molecular complexity index is 1610. The normalized spacial score (nSPS) is 14.1. The summed E-state index contributed by atoms with van der Waals surface area (Å²) in [4.78, 5) is 48.5. The van der Waals surface area contributed by atoms with E-state index < -0.39 is 57.8 Å². The summed E-state index contributed by atoms with van der Waals surface area (Å²) in [6.07, 6.45) is 65.2. The molecule has 2 N–H and O–H groups in total. The number of phosphoric acid groups is 1. The first kappa shape index (κ1) is 70.4. The number of carbonyl (C=O) groups excluding carboxylic acids is 3. The minimum Gasteiger partial charge on any atom is -0.462 e. The number of carbonyl (C=O) groups is 3. The standard InChI is InChI=1S/C62H105O11P/c1-4-7-10-13-16-19-22-25-27-29-31-34-37-40-43-46-49-52-61(65)72-58(54-63)56-70-74(67,68)71-57-59(55-69-60(64)51-48-45-42-39-36-33-24-21-18-15-12-9-6-3)73-62(66)53-50-47-44-41-38-35-32-30-28-26-23-20-17-14-11-8-5-2/h8-9,11-12,17-18,20-21,26,28,32-33,35-36,41,44,58-59,63H,4-7,10,13-16,19,22-25,27,29-31,34,37-40,42-43,45-57H2,1-3H3,(H,67,68)/b11-8-,12-9-,20-17-,21-18-,28-26-,35-32-,36-33-,44-41-. The minimum atomic E-state index is -4.77. The number of unbranched alkanes of at least 4 members (excludes halogenated alkanes) is 20. The second kappa shape index (κ2) is 55.6. The highest BCUT2D eigenvalue weighted by Crippen LogP contribution is 2.43. The summed E-state index contributed by atoms with van der Waals surface area (Å²) < 4.78 is 39.4. The molecule has 3 atom stereocenters. The van der Waals surface area contributed by atoms with Gasteiger partial charge in [0.25, 0.3) is 0 Å². The van der Waals surface area contributed by atoms with E-state index in [2.05, 4.69) is 106 Å². The third-order valence-corrected chi connectivity index (χ3v) is 13.0. The van der Waals surface area contributed by atoms with Crippen molar-refractivity contribution in [2.45, 2.75) is 251 Å². The number of hydrogen-bond acceptors (Lipinski definition) is 10. The third-order valence-electron chi connectivity index (χ3n) is 12.0. The van der Waals surface area contributed by atoms with Crippen LogP contribution in [-0.4, -0.2) is 66.5 Å². The summed E-state index contributed by atoms with van der Waals surface area (Å²) in [6.45, 7) is 4.33. The van der Waals surface area contributed by atoms with Crippen molar-refractivity contribution in [3.8, 4) is 0 Å². The molecule has 0 aromatic carbocycles. The third kappa shape index (κ3) is 53.2. The number of hydrogen-bond donors (Lipinski definition) is 2. The lowest BCUT2D eigenvalue weighted by Crippen LogP contribution is -2.30. The molecule has 0 fully saturated rings. The summed E-state index contributed by atoms with van der Waals surface area (Å²) in [5, 5.41) is 9.82. The van der Waals surface area contributed by atoms with Crippen molar-refractivity contribution in [1.82, 2.24) is 0 Å². The molecule has 0 spiro atoms. The molecule has 3 unspecified atom stereocenters. The van der Waals surface area contributed by atoms with Gasteiger partial charge in [-0.15, -0.1) is 0 Å². The van der Waals surface area contributed by atoms with E-state index in [0.29, 0.717) is 25.7 Å². The van der Waals surface area contributed by atoms with Crippen LogP contribution in [0.2, 0.25) is 0 Å². The molecule has 0 aromatic rings. The van der Waals surface area contributed by atoms with Gasteiger partial charge >= 0.3 is 25.7 Å². The van der Waals surface area contributed by atoms with Gasteiger partial charge in [-0.25, -0.2) is 4.57 Å². The lowest BCUT2D eigenvalue weighted by atomic mass is 10.0. The Balaban J connectivity index is 4.78. The number of allylic oxidation sites excluding steroid dienone is 16. The second-order valence-electron chi connectivity index (χ2n) is 19.0. The lowest BCUT2D eigenvalue weighted by molar-refractivity contribution is -0.161. The minimum absolute atomic E-state index is 0.0795. The highest BCUT2D eigenvalue weighted by molar-refractivity contribution is 7.47. The fraction of sp³-hybridized carbons (Fsp3) is 0.694. The van der Waals surface area contributed by atoms with E-state index >= 15 is 0 Å². The van der Waals surface area contributed by atoms with Gasteiger partial charge < -0.3 is 24.2 Å². The Morgan fingerprint density at radius 1 is 0.392 bits per heavy atom. The van der Waals surface area contributed by atoms with Crippen LogP contribution in [0, 0.1) is 0 Å². The quantitative estimate of drug-likeness (QED) is 0.0197. The maximum absolute atomic E-state index is 12.9. The van der Waals surface area contributed by atoms with E-state index in [1.165, 1.54) is 83.5 Å². The topological polar surface area (TPSA) is 155 Å². The smallest absolute Gasteiger partial charge is 0.462 e. The van der Waals surface area contributed by atoms with Crippen LogP contribution in [0.25, 0.3) is 0 Å². The Morgan fingerprint density at radius 2 is 0.716 bits per heavy atom. The van der Waals surface area contributed by atoms with Crippen LogP contribution in [0.5, 0.6) is 0 Å². The van der Waals surface area contributed by atoms with Gasteiger partial charge in [0.1, 0.15) is 12.7 Å². The summed E-state index contributed by atoms with van der Waals surface area (Å²) in [6, 6.07) is 0. The van der Waals surface area contributed by atoms with Gasteiger partial charge in [0.05, 0.1) is 19.8 Å². The monoisotopic (exact) mass is 1060 g/mol. The van der Waals surface area contributed by atoms with E-state index in [9.17, 15) is 28.9 Å². The van der Waals surface area contributed by atoms with Crippen LogP contribution in [0.4, 0.5) is 0 Å². The van der Waals surface area contributed by atoms with Gasteiger partial charge in [-0.05, 0) is 89.9 Å². The van der Waals surface area contributed by atoms with Crippen molar-refractivity contribution >= 4 is 25.7 Å². The van der Waals surface area contributed by atoms with Crippen molar-refractivity contribution in [1.29, 1.82) is 0 Å². The van der Waals surface area contributed by atoms with E-state index in [1.807, 2.05) is 12.2 Å². The number of phosphoric ester groups is 1. The summed E-state index contributed by atoms with van der Waals surface area (Å²) in [5.41, 5.74) is 0. The van der Waals surface area contributed by atoms with Gasteiger partial charge in [0.2, 0.25) is 0 Å². The maximum atomic E-state index is 12.9. The van der Waals surface area contributed by atoms with Crippen LogP contribution in [-0.2, 0) is 42.2 Å². The molecule has 12 heteroatoms. The Labute approximate surface area is 451 Å². The van der Waals surface area contributed by atoms with Gasteiger partial charge in [0, 0.05) is 19.3 Å². The van der Waals surface area contributed by atoms with Crippen LogP contribution in [0.3, 0.4) is 0 Å². The predicted molar refractivity (Wildman–Crippen MR) is 307 cm³/mol. The molecule has 0 heterocycles. The fourth-order valence-electron chi connectivity index (χ4n) is 7.64. The molecular formula is C62H105O11P. The van der Waals surface area contributed by atoms with Gasteiger partial charge in [-0.3, -0.25) is 23.4 Å². The molecular weight excluding hydrogens is 952 g/mol. The average Bonchev–Trinajstić information content (AvgIpc) is 3.39. The zero-order chi connectivity index (χ0) is 54.1. The maximum Gasteiger partial charge on any atom is 0.472 e. The number of aliphatic hydroxyl groups excluding tert-OH is 1. The second-order valence-corrected chi connectivity index (χ2v) is 20.5. The summed E-state index contributed by atoms with van der Waals surface area (Å²) in [7, 11) is -4.77. The fourth-order valence-corrected chi connectivity index (χ4v) is 8.43. The number of rotatable bonds is 53. The number of esters is 3. The van der Waals surface area contributed by atoms with E-state index in [4.69, 9.17) is 23.3 Å². The van der Waals surface area contributed by atoms with Crippen LogP contribution in [0.15, 0.2) is 97.2 Å². The molecule has 0 aliphatic rings. The van der Waals surface area contributed by atoms with Crippen LogP contribution in [0.1, 0.15) is 239 Å². The Kier molecular flexibility index (Phi) is 52.9. The molecule has 424 valence electrons. The Morgan fingerprint density at radius 3 is 1.14 bits per heavy atom. The van der Waals surface area contributed by atoms with Crippen molar-refractivity contribution in [3.05, 3.63) is 97.2 Å².